The fraction of sp³-hybridized carbons (Fsp3) is 0.273. The van der Waals surface area contributed by atoms with Crippen molar-refractivity contribution in [2.45, 2.75) is 25.9 Å². The summed E-state index contributed by atoms with van der Waals surface area (Å²) >= 11 is 0. The lowest BCUT2D eigenvalue weighted by Crippen LogP contribution is -2.37. The van der Waals surface area contributed by atoms with Crippen molar-refractivity contribution in [3.05, 3.63) is 69.3 Å². The standard InChI is InChI=1S/C22H19F3N2O4/c1-11-19-14(9-17(25)20(11)26-6-4-13(28)5-7-26)21(29)15(22(30)31)10-27(19)18-3-2-12(23)8-16(18)24/h2-3,8-10,13,28H,4-7H2,1H3,(H,30,31). The molecule has 0 saturated carbocycles. The molecule has 0 bridgehead atoms. The minimum absolute atomic E-state index is 0.128. The Morgan fingerprint density at radius 1 is 1.10 bits per heavy atom. The summed E-state index contributed by atoms with van der Waals surface area (Å²) in [5.41, 5.74) is -1.11. The van der Waals surface area contributed by atoms with Gasteiger partial charge in [0.1, 0.15) is 23.0 Å². The van der Waals surface area contributed by atoms with Crippen LogP contribution in [0.15, 0.2) is 35.3 Å². The van der Waals surface area contributed by atoms with Crippen LogP contribution in [0.4, 0.5) is 18.9 Å². The quantitative estimate of drug-likeness (QED) is 0.663. The monoisotopic (exact) mass is 432 g/mol. The normalized spacial score (nSPS) is 14.9. The summed E-state index contributed by atoms with van der Waals surface area (Å²) in [6.45, 7) is 2.32. The number of carboxylic acids is 1. The lowest BCUT2D eigenvalue weighted by Gasteiger charge is -2.33. The number of carboxylic acid groups (broad SMARTS) is 1. The first-order valence-corrected chi connectivity index (χ1v) is 9.69. The fourth-order valence-electron chi connectivity index (χ4n) is 4.13. The van der Waals surface area contributed by atoms with Gasteiger partial charge in [0.15, 0.2) is 0 Å². The van der Waals surface area contributed by atoms with Crippen LogP contribution in [0, 0.1) is 24.4 Å². The van der Waals surface area contributed by atoms with E-state index in [4.69, 9.17) is 0 Å². The van der Waals surface area contributed by atoms with Gasteiger partial charge in [-0.2, -0.15) is 0 Å². The summed E-state index contributed by atoms with van der Waals surface area (Å²) in [6, 6.07) is 3.73. The number of carbonyl (C=O) groups is 1. The minimum Gasteiger partial charge on any atom is -0.477 e. The van der Waals surface area contributed by atoms with Gasteiger partial charge in [0.2, 0.25) is 5.43 Å². The van der Waals surface area contributed by atoms with Gasteiger partial charge in [-0.05, 0) is 38.0 Å². The van der Waals surface area contributed by atoms with Crippen LogP contribution < -0.4 is 10.3 Å². The summed E-state index contributed by atoms with van der Waals surface area (Å²) in [5, 5.41) is 19.0. The number of aromatic nitrogens is 1. The largest absolute Gasteiger partial charge is 0.477 e. The second-order valence-electron chi connectivity index (χ2n) is 7.59. The van der Waals surface area contributed by atoms with Crippen molar-refractivity contribution in [2.75, 3.05) is 18.0 Å². The molecule has 3 aromatic rings. The highest BCUT2D eigenvalue weighted by atomic mass is 19.1. The van der Waals surface area contributed by atoms with Gasteiger partial charge in [0.05, 0.1) is 28.4 Å². The number of halogens is 3. The van der Waals surface area contributed by atoms with Crippen molar-refractivity contribution in [2.24, 2.45) is 0 Å². The van der Waals surface area contributed by atoms with Gasteiger partial charge in [-0.3, -0.25) is 4.79 Å². The van der Waals surface area contributed by atoms with Gasteiger partial charge in [-0.1, -0.05) is 0 Å². The zero-order valence-corrected chi connectivity index (χ0v) is 16.5. The van der Waals surface area contributed by atoms with Gasteiger partial charge in [-0.15, -0.1) is 0 Å². The molecule has 162 valence electrons. The Morgan fingerprint density at radius 2 is 1.77 bits per heavy atom. The molecule has 0 amide bonds. The van der Waals surface area contributed by atoms with Crippen LogP contribution in [-0.2, 0) is 0 Å². The number of pyridine rings is 1. The van der Waals surface area contributed by atoms with Crippen molar-refractivity contribution in [1.29, 1.82) is 0 Å². The Hall–Kier alpha value is -3.33. The average Bonchev–Trinajstić information content (AvgIpc) is 2.70. The van der Waals surface area contributed by atoms with Crippen LogP contribution >= 0.6 is 0 Å². The van der Waals surface area contributed by atoms with E-state index in [1.807, 2.05) is 0 Å². The highest BCUT2D eigenvalue weighted by molar-refractivity contribution is 5.96. The summed E-state index contributed by atoms with van der Waals surface area (Å²) in [4.78, 5) is 26.1. The number of aromatic carboxylic acids is 1. The molecule has 0 spiro atoms. The Morgan fingerprint density at radius 3 is 2.39 bits per heavy atom. The molecule has 2 N–H and O–H groups in total. The number of nitrogens with zero attached hydrogens (tertiary/aromatic N) is 2. The van der Waals surface area contributed by atoms with Gasteiger partial charge in [-0.25, -0.2) is 18.0 Å². The van der Waals surface area contributed by atoms with E-state index in [9.17, 15) is 28.6 Å². The maximum atomic E-state index is 15.1. The number of fused-ring (bicyclic) bond motifs is 1. The number of anilines is 1. The molecule has 6 nitrogen and oxygen atoms in total. The van der Waals surface area contributed by atoms with Crippen LogP contribution in [-0.4, -0.2) is 39.9 Å². The van der Waals surface area contributed by atoms with E-state index >= 15 is 4.39 Å². The molecular formula is C22H19F3N2O4. The second kappa shape index (κ2) is 7.73. The average molecular weight is 432 g/mol. The number of hydrogen-bond donors (Lipinski definition) is 2. The molecule has 1 saturated heterocycles. The Bertz CT molecular complexity index is 1260. The maximum absolute atomic E-state index is 15.1. The number of benzene rings is 2. The van der Waals surface area contributed by atoms with Gasteiger partial charge in [0, 0.05) is 30.9 Å². The van der Waals surface area contributed by atoms with E-state index < -0.39 is 40.5 Å². The first-order valence-electron chi connectivity index (χ1n) is 9.69. The topological polar surface area (TPSA) is 82.8 Å². The first kappa shape index (κ1) is 20.9. The smallest absolute Gasteiger partial charge is 0.341 e. The van der Waals surface area contributed by atoms with E-state index in [0.29, 0.717) is 37.6 Å². The van der Waals surface area contributed by atoms with Gasteiger partial charge in [0.25, 0.3) is 0 Å². The molecule has 4 rings (SSSR count). The number of piperidine rings is 1. The third kappa shape index (κ3) is 3.54. The van der Waals surface area contributed by atoms with Crippen molar-refractivity contribution < 1.29 is 28.2 Å². The predicted octanol–water partition coefficient (Wildman–Crippen LogP) is 3.38. The van der Waals surface area contributed by atoms with Crippen LogP contribution in [0.1, 0.15) is 28.8 Å². The lowest BCUT2D eigenvalue weighted by molar-refractivity contribution is 0.0695. The Labute approximate surface area is 174 Å². The summed E-state index contributed by atoms with van der Waals surface area (Å²) in [6.07, 6.45) is 1.37. The van der Waals surface area contributed by atoms with E-state index in [1.165, 1.54) is 0 Å². The van der Waals surface area contributed by atoms with E-state index in [0.717, 1.165) is 29.0 Å². The molecular weight excluding hydrogens is 413 g/mol. The predicted molar refractivity (Wildman–Crippen MR) is 109 cm³/mol. The Kier molecular flexibility index (Phi) is 5.22. The van der Waals surface area contributed by atoms with Crippen molar-refractivity contribution in [3.63, 3.8) is 0 Å². The number of aliphatic hydroxyl groups excluding tert-OH is 1. The molecule has 0 aliphatic carbocycles. The van der Waals surface area contributed by atoms with Crippen LogP contribution in [0.25, 0.3) is 16.6 Å². The zero-order chi connectivity index (χ0) is 22.4. The van der Waals surface area contributed by atoms with Crippen LogP contribution in [0.3, 0.4) is 0 Å². The number of aryl methyl sites for hydroxylation is 1. The van der Waals surface area contributed by atoms with E-state index in [1.54, 1.807) is 11.8 Å². The van der Waals surface area contributed by atoms with Crippen LogP contribution in [0.2, 0.25) is 0 Å². The van der Waals surface area contributed by atoms with E-state index in [-0.39, 0.29) is 22.3 Å². The molecule has 0 unspecified atom stereocenters. The van der Waals surface area contributed by atoms with Crippen molar-refractivity contribution >= 4 is 22.6 Å². The molecule has 2 aromatic carbocycles. The highest BCUT2D eigenvalue weighted by Crippen LogP contribution is 2.34. The fourth-order valence-corrected chi connectivity index (χ4v) is 4.13. The summed E-state index contributed by atoms with van der Waals surface area (Å²) < 4.78 is 44.3. The Balaban J connectivity index is 2.07. The molecule has 1 aliphatic heterocycles. The summed E-state index contributed by atoms with van der Waals surface area (Å²) in [5.74, 6) is -4.05. The first-order chi connectivity index (χ1) is 14.7. The number of aliphatic hydroxyl groups is 1. The maximum Gasteiger partial charge on any atom is 0.341 e. The zero-order valence-electron chi connectivity index (χ0n) is 16.5. The van der Waals surface area contributed by atoms with Gasteiger partial charge >= 0.3 is 5.97 Å². The second-order valence-corrected chi connectivity index (χ2v) is 7.59. The molecule has 0 radical (unpaired) electrons. The lowest BCUT2D eigenvalue weighted by atomic mass is 10.0. The minimum atomic E-state index is -1.55. The molecule has 1 fully saturated rings. The molecule has 1 aliphatic rings. The molecule has 2 heterocycles. The molecule has 9 heteroatoms. The van der Waals surface area contributed by atoms with Crippen molar-refractivity contribution in [3.8, 4) is 5.69 Å². The molecule has 0 atom stereocenters. The SMILES string of the molecule is Cc1c(N2CCC(O)CC2)c(F)cc2c(=O)c(C(=O)O)cn(-c3ccc(F)cc3F)c12. The summed E-state index contributed by atoms with van der Waals surface area (Å²) in [7, 11) is 0. The van der Waals surface area contributed by atoms with Crippen LogP contribution in [0.5, 0.6) is 0 Å². The molecule has 31 heavy (non-hydrogen) atoms. The van der Waals surface area contributed by atoms with Gasteiger partial charge < -0.3 is 19.7 Å². The number of hydrogen-bond acceptors (Lipinski definition) is 4. The third-order valence-corrected chi connectivity index (χ3v) is 5.63. The number of rotatable bonds is 3. The highest BCUT2D eigenvalue weighted by Gasteiger charge is 2.26. The van der Waals surface area contributed by atoms with E-state index in [2.05, 4.69) is 0 Å². The third-order valence-electron chi connectivity index (χ3n) is 5.63. The molecule has 1 aromatic heterocycles. The van der Waals surface area contributed by atoms with Crippen molar-refractivity contribution in [1.82, 2.24) is 4.57 Å².